The number of rotatable bonds is 9. The van der Waals surface area contributed by atoms with Gasteiger partial charge in [0.25, 0.3) is 0 Å². The third kappa shape index (κ3) is 6.35. The van der Waals surface area contributed by atoms with Crippen LogP contribution in [0.3, 0.4) is 0 Å². The average Bonchev–Trinajstić information content (AvgIpc) is 2.77. The van der Waals surface area contributed by atoms with Crippen LogP contribution in [-0.2, 0) is 26.3 Å². The molecule has 0 aliphatic heterocycles. The number of likely N-dealkylation sites (N-methyl/N-ethyl adjacent to an activating group) is 1. The third-order valence-corrected chi connectivity index (χ3v) is 7.44. The summed E-state index contributed by atoms with van der Waals surface area (Å²) in [7, 11) is -0.276. The van der Waals surface area contributed by atoms with E-state index in [1.165, 1.54) is 51.2 Å². The molecule has 0 heterocycles. The number of carbonyl (C=O) groups excluding carboxylic acids is 2. The summed E-state index contributed by atoms with van der Waals surface area (Å²) in [6, 6.07) is 9.00. The van der Waals surface area contributed by atoms with Crippen LogP contribution in [0.4, 0.5) is 10.1 Å². The molecule has 0 aliphatic rings. The van der Waals surface area contributed by atoms with E-state index in [4.69, 9.17) is 23.2 Å². The van der Waals surface area contributed by atoms with E-state index in [9.17, 15) is 22.4 Å². The van der Waals surface area contributed by atoms with E-state index in [-0.39, 0.29) is 17.3 Å². The highest BCUT2D eigenvalue weighted by molar-refractivity contribution is 7.90. The van der Waals surface area contributed by atoms with Gasteiger partial charge in [-0.25, -0.2) is 8.70 Å². The molecule has 2 aromatic rings. The highest BCUT2D eigenvalue weighted by Gasteiger charge is 2.33. The van der Waals surface area contributed by atoms with E-state index in [0.29, 0.717) is 14.9 Å². The molecule has 1 atom stereocenters. The number of anilines is 1. The molecule has 0 unspecified atom stereocenters. The van der Waals surface area contributed by atoms with Crippen molar-refractivity contribution >= 4 is 50.9 Å². The fourth-order valence-electron chi connectivity index (χ4n) is 2.98. The second kappa shape index (κ2) is 11.1. The highest BCUT2D eigenvalue weighted by Crippen LogP contribution is 2.25. The van der Waals surface area contributed by atoms with E-state index in [0.717, 1.165) is 10.4 Å². The molecule has 0 aliphatic carbocycles. The highest BCUT2D eigenvalue weighted by atomic mass is 35.5. The Hall–Kier alpha value is -2.40. The molecule has 2 amide bonds. The van der Waals surface area contributed by atoms with Crippen molar-refractivity contribution in [3.8, 4) is 0 Å². The Bertz CT molecular complexity index is 1130. The van der Waals surface area contributed by atoms with Crippen LogP contribution in [0.5, 0.6) is 0 Å². The lowest BCUT2D eigenvalue weighted by Gasteiger charge is -2.32. The number of hydrogen-bond donors (Lipinski definition) is 1. The van der Waals surface area contributed by atoms with Gasteiger partial charge in [0, 0.05) is 27.7 Å². The standard InChI is InChI=1S/C21H25Cl2FN4O4S/c1-14(21(30)25-2)27(12-15-9-10-16(22)17(23)11-15)20(29)13-28(33(31,32)26(3)4)19-8-6-5-7-18(19)24/h5-11,14H,12-13H2,1-4H3,(H,25,30)/t14-/m0/s1. The van der Waals surface area contributed by atoms with Gasteiger partial charge in [-0.05, 0) is 36.8 Å². The van der Waals surface area contributed by atoms with Crippen LogP contribution >= 0.6 is 23.2 Å². The molecule has 0 radical (unpaired) electrons. The summed E-state index contributed by atoms with van der Waals surface area (Å²) in [5.41, 5.74) is 0.281. The van der Waals surface area contributed by atoms with Crippen LogP contribution in [0, 0.1) is 5.82 Å². The minimum absolute atomic E-state index is 0.0581. The van der Waals surface area contributed by atoms with Crippen molar-refractivity contribution in [2.45, 2.75) is 19.5 Å². The maximum absolute atomic E-state index is 14.5. The summed E-state index contributed by atoms with van der Waals surface area (Å²) in [4.78, 5) is 26.9. The van der Waals surface area contributed by atoms with Gasteiger partial charge in [-0.2, -0.15) is 12.7 Å². The van der Waals surface area contributed by atoms with E-state index >= 15 is 0 Å². The predicted molar refractivity (Wildman–Crippen MR) is 127 cm³/mol. The maximum atomic E-state index is 14.5. The maximum Gasteiger partial charge on any atom is 0.304 e. The Morgan fingerprint density at radius 1 is 1.09 bits per heavy atom. The second-order valence-electron chi connectivity index (χ2n) is 7.31. The molecule has 2 aromatic carbocycles. The lowest BCUT2D eigenvalue weighted by atomic mass is 10.1. The monoisotopic (exact) mass is 518 g/mol. The minimum atomic E-state index is -4.24. The minimum Gasteiger partial charge on any atom is -0.357 e. The normalized spacial score (nSPS) is 12.4. The molecule has 0 fully saturated rings. The molecule has 0 saturated carbocycles. The first-order chi connectivity index (χ1) is 15.4. The lowest BCUT2D eigenvalue weighted by molar-refractivity contribution is -0.139. The zero-order valence-corrected chi connectivity index (χ0v) is 20.9. The van der Waals surface area contributed by atoms with Gasteiger partial charge < -0.3 is 10.2 Å². The number of benzene rings is 2. The first-order valence-corrected chi connectivity index (χ1v) is 11.9. The van der Waals surface area contributed by atoms with Gasteiger partial charge in [0.05, 0.1) is 15.7 Å². The van der Waals surface area contributed by atoms with Gasteiger partial charge >= 0.3 is 10.2 Å². The van der Waals surface area contributed by atoms with E-state index in [2.05, 4.69) is 5.32 Å². The molecule has 33 heavy (non-hydrogen) atoms. The summed E-state index contributed by atoms with van der Waals surface area (Å²) in [6.07, 6.45) is 0. The third-order valence-electron chi connectivity index (χ3n) is 4.89. The molecule has 0 saturated heterocycles. The summed E-state index contributed by atoms with van der Waals surface area (Å²) >= 11 is 12.0. The second-order valence-corrected chi connectivity index (χ2v) is 10.2. The fourth-order valence-corrected chi connectivity index (χ4v) is 4.37. The summed E-state index contributed by atoms with van der Waals surface area (Å²) < 4.78 is 41.9. The molecule has 0 aromatic heterocycles. The average molecular weight is 519 g/mol. The van der Waals surface area contributed by atoms with Gasteiger partial charge in [-0.3, -0.25) is 9.59 Å². The Kier molecular flexibility index (Phi) is 9.07. The fraction of sp³-hybridized carbons (Fsp3) is 0.333. The van der Waals surface area contributed by atoms with Crippen molar-refractivity contribution in [2.75, 3.05) is 32.0 Å². The quantitative estimate of drug-likeness (QED) is 0.552. The number of carbonyl (C=O) groups is 2. The van der Waals surface area contributed by atoms with Crippen molar-refractivity contribution < 1.29 is 22.4 Å². The topological polar surface area (TPSA) is 90.0 Å². The van der Waals surface area contributed by atoms with Gasteiger partial charge in [0.15, 0.2) is 0 Å². The van der Waals surface area contributed by atoms with Gasteiger partial charge in [0.1, 0.15) is 18.4 Å². The Morgan fingerprint density at radius 2 is 1.73 bits per heavy atom. The molecule has 180 valence electrons. The largest absolute Gasteiger partial charge is 0.357 e. The zero-order chi connectivity index (χ0) is 24.9. The molecule has 1 N–H and O–H groups in total. The molecule has 8 nitrogen and oxygen atoms in total. The SMILES string of the molecule is CNC(=O)[C@H](C)N(Cc1ccc(Cl)c(Cl)c1)C(=O)CN(c1ccccc1F)S(=O)(=O)N(C)C. The first kappa shape index (κ1) is 26.8. The number of halogens is 3. The van der Waals surface area contributed by atoms with Crippen LogP contribution in [0.25, 0.3) is 0 Å². The number of nitrogens with one attached hydrogen (secondary N) is 1. The van der Waals surface area contributed by atoms with Crippen LogP contribution in [-0.4, -0.2) is 63.2 Å². The molecule has 2 rings (SSSR count). The van der Waals surface area contributed by atoms with E-state index in [1.54, 1.807) is 18.2 Å². The Balaban J connectivity index is 2.48. The smallest absolute Gasteiger partial charge is 0.304 e. The van der Waals surface area contributed by atoms with Crippen LogP contribution in [0.2, 0.25) is 10.0 Å². The van der Waals surface area contributed by atoms with Gasteiger partial charge in [-0.1, -0.05) is 41.4 Å². The van der Waals surface area contributed by atoms with Crippen molar-refractivity contribution in [3.05, 3.63) is 63.9 Å². The number of para-hydroxylation sites is 1. The van der Waals surface area contributed by atoms with E-state index < -0.39 is 40.4 Å². The van der Waals surface area contributed by atoms with E-state index in [1.807, 2.05) is 0 Å². The Labute approximate surface area is 203 Å². The summed E-state index contributed by atoms with van der Waals surface area (Å²) in [5, 5.41) is 3.05. The summed E-state index contributed by atoms with van der Waals surface area (Å²) in [5.74, 6) is -1.99. The summed E-state index contributed by atoms with van der Waals surface area (Å²) in [6.45, 7) is 0.712. The van der Waals surface area contributed by atoms with Crippen LogP contribution in [0.15, 0.2) is 42.5 Å². The molecule has 12 heteroatoms. The zero-order valence-electron chi connectivity index (χ0n) is 18.5. The van der Waals surface area contributed by atoms with Gasteiger partial charge in [-0.15, -0.1) is 0 Å². The van der Waals surface area contributed by atoms with Crippen molar-refractivity contribution in [2.24, 2.45) is 0 Å². The molecule has 0 spiro atoms. The number of nitrogens with zero attached hydrogens (tertiary/aromatic N) is 3. The van der Waals surface area contributed by atoms with Gasteiger partial charge in [0.2, 0.25) is 11.8 Å². The lowest BCUT2D eigenvalue weighted by Crippen LogP contribution is -2.52. The molecule has 0 bridgehead atoms. The number of amides is 2. The molecular weight excluding hydrogens is 494 g/mol. The predicted octanol–water partition coefficient (Wildman–Crippen LogP) is 2.91. The first-order valence-electron chi connectivity index (χ1n) is 9.79. The Morgan fingerprint density at radius 3 is 2.27 bits per heavy atom. The van der Waals surface area contributed by atoms with Crippen LogP contribution < -0.4 is 9.62 Å². The van der Waals surface area contributed by atoms with Crippen molar-refractivity contribution in [1.82, 2.24) is 14.5 Å². The van der Waals surface area contributed by atoms with Crippen LogP contribution in [0.1, 0.15) is 12.5 Å². The molecular formula is C21H25Cl2FN4O4S. The number of hydrogen-bond acceptors (Lipinski definition) is 4. The van der Waals surface area contributed by atoms with Crippen molar-refractivity contribution in [1.29, 1.82) is 0 Å². The van der Waals surface area contributed by atoms with Crippen molar-refractivity contribution in [3.63, 3.8) is 0 Å².